The maximum absolute atomic E-state index is 11.7. The van der Waals surface area contributed by atoms with Crippen LogP contribution in [0, 0.1) is 5.92 Å². The van der Waals surface area contributed by atoms with Crippen LogP contribution in [0.5, 0.6) is 0 Å². The van der Waals surface area contributed by atoms with E-state index in [9.17, 15) is 4.79 Å². The zero-order valence-electron chi connectivity index (χ0n) is 14.0. The number of carbonyl (C=O) groups is 1. The van der Waals surface area contributed by atoms with E-state index >= 15 is 0 Å². The van der Waals surface area contributed by atoms with Gasteiger partial charge in [-0.05, 0) is 52.6 Å². The highest BCUT2D eigenvalue weighted by atomic mass is 35.5. The number of carbonyl (C=O) groups excluding carboxylic acids is 1. The zero-order valence-corrected chi connectivity index (χ0v) is 14.8. The molecule has 1 aliphatic heterocycles. The fourth-order valence-corrected chi connectivity index (χ4v) is 2.72. The molecule has 0 unspecified atom stereocenters. The standard InChI is InChI=1S/C16H25ClN4O2/c1-16(2,3)23-15(22)20-10-12-4-8-21(9-5-12)11-13-14(17)19-7-6-18-13/h6-7,12H,4-5,8-11H2,1-3H3,(H,20,22). The summed E-state index contributed by atoms with van der Waals surface area (Å²) in [6.45, 7) is 8.91. The molecule has 23 heavy (non-hydrogen) atoms. The lowest BCUT2D eigenvalue weighted by atomic mass is 9.97. The Hall–Kier alpha value is -1.40. The first-order valence-corrected chi connectivity index (χ1v) is 8.36. The molecule has 1 saturated heterocycles. The summed E-state index contributed by atoms with van der Waals surface area (Å²) < 4.78 is 5.25. The average molecular weight is 341 g/mol. The summed E-state index contributed by atoms with van der Waals surface area (Å²) in [6.07, 6.45) is 4.99. The summed E-state index contributed by atoms with van der Waals surface area (Å²) >= 11 is 6.05. The number of nitrogens with one attached hydrogen (secondary N) is 1. The molecule has 128 valence electrons. The van der Waals surface area contributed by atoms with Crippen molar-refractivity contribution in [2.24, 2.45) is 5.92 Å². The lowest BCUT2D eigenvalue weighted by Crippen LogP contribution is -2.40. The van der Waals surface area contributed by atoms with Crippen LogP contribution in [0.15, 0.2) is 12.4 Å². The number of hydrogen-bond acceptors (Lipinski definition) is 5. The second-order valence-electron chi connectivity index (χ2n) is 6.90. The normalized spacial score (nSPS) is 17.0. The molecule has 1 aromatic heterocycles. The van der Waals surface area contributed by atoms with Gasteiger partial charge in [-0.25, -0.2) is 9.78 Å². The van der Waals surface area contributed by atoms with Gasteiger partial charge in [-0.2, -0.15) is 0 Å². The van der Waals surface area contributed by atoms with Crippen LogP contribution in [0.25, 0.3) is 0 Å². The van der Waals surface area contributed by atoms with Gasteiger partial charge in [0.25, 0.3) is 0 Å². The molecule has 0 bridgehead atoms. The van der Waals surface area contributed by atoms with Crippen molar-refractivity contribution in [3.05, 3.63) is 23.2 Å². The van der Waals surface area contributed by atoms with Crippen LogP contribution in [0.1, 0.15) is 39.3 Å². The molecule has 2 heterocycles. The minimum atomic E-state index is -0.455. The number of aromatic nitrogens is 2. The molecule has 0 aromatic carbocycles. The Morgan fingerprint density at radius 2 is 2.00 bits per heavy atom. The number of piperidine rings is 1. The molecule has 0 aliphatic carbocycles. The summed E-state index contributed by atoms with van der Waals surface area (Å²) in [5.41, 5.74) is 0.364. The van der Waals surface area contributed by atoms with Crippen LogP contribution < -0.4 is 5.32 Å². The fourth-order valence-electron chi connectivity index (χ4n) is 2.56. The molecule has 1 amide bonds. The van der Waals surface area contributed by atoms with Crippen LogP contribution in [-0.2, 0) is 11.3 Å². The summed E-state index contributed by atoms with van der Waals surface area (Å²) in [6, 6.07) is 0. The SMILES string of the molecule is CC(C)(C)OC(=O)NCC1CCN(Cc2nccnc2Cl)CC1. The number of hydrogen-bond donors (Lipinski definition) is 1. The zero-order chi connectivity index (χ0) is 16.9. The lowest BCUT2D eigenvalue weighted by molar-refractivity contribution is 0.0509. The summed E-state index contributed by atoms with van der Waals surface area (Å²) in [5, 5.41) is 3.33. The summed E-state index contributed by atoms with van der Waals surface area (Å²) in [4.78, 5) is 22.3. The Morgan fingerprint density at radius 3 is 2.61 bits per heavy atom. The molecule has 1 aromatic rings. The first kappa shape index (κ1) is 17.9. The highest BCUT2D eigenvalue weighted by Gasteiger charge is 2.22. The van der Waals surface area contributed by atoms with E-state index < -0.39 is 5.60 Å². The van der Waals surface area contributed by atoms with Crippen LogP contribution in [0.4, 0.5) is 4.79 Å². The van der Waals surface area contributed by atoms with Gasteiger partial charge in [0.1, 0.15) is 5.60 Å². The largest absolute Gasteiger partial charge is 0.444 e. The minimum Gasteiger partial charge on any atom is -0.444 e. The van der Waals surface area contributed by atoms with Crippen LogP contribution >= 0.6 is 11.6 Å². The van der Waals surface area contributed by atoms with E-state index in [1.807, 2.05) is 20.8 Å². The maximum Gasteiger partial charge on any atom is 0.407 e. The third-order valence-electron chi connectivity index (χ3n) is 3.74. The van der Waals surface area contributed by atoms with Crippen LogP contribution in [-0.4, -0.2) is 46.2 Å². The molecule has 2 rings (SSSR count). The molecule has 0 atom stereocenters. The third kappa shape index (κ3) is 6.31. The smallest absolute Gasteiger partial charge is 0.407 e. The Balaban J connectivity index is 1.70. The van der Waals surface area contributed by atoms with E-state index in [2.05, 4.69) is 20.2 Å². The number of amides is 1. The Bertz CT molecular complexity index is 525. The molecular weight excluding hydrogens is 316 g/mol. The topological polar surface area (TPSA) is 67.3 Å². The van der Waals surface area contributed by atoms with Crippen LogP contribution in [0.2, 0.25) is 5.15 Å². The van der Waals surface area contributed by atoms with Crippen molar-refractivity contribution in [1.82, 2.24) is 20.2 Å². The molecule has 1 fully saturated rings. The minimum absolute atomic E-state index is 0.341. The van der Waals surface area contributed by atoms with Gasteiger partial charge >= 0.3 is 6.09 Å². The monoisotopic (exact) mass is 340 g/mol. The highest BCUT2D eigenvalue weighted by Crippen LogP contribution is 2.20. The van der Waals surface area contributed by atoms with Crippen molar-refractivity contribution in [3.63, 3.8) is 0 Å². The molecule has 1 aliphatic rings. The van der Waals surface area contributed by atoms with E-state index in [1.165, 1.54) is 0 Å². The van der Waals surface area contributed by atoms with Crippen molar-refractivity contribution in [3.8, 4) is 0 Å². The van der Waals surface area contributed by atoms with Gasteiger partial charge in [-0.3, -0.25) is 9.88 Å². The molecule has 1 N–H and O–H groups in total. The van der Waals surface area contributed by atoms with E-state index in [1.54, 1.807) is 12.4 Å². The Labute approximate surface area is 142 Å². The predicted molar refractivity (Wildman–Crippen MR) is 89.3 cm³/mol. The van der Waals surface area contributed by atoms with Gasteiger partial charge in [0, 0.05) is 25.5 Å². The predicted octanol–water partition coefficient (Wildman–Crippen LogP) is 2.87. The fraction of sp³-hybridized carbons (Fsp3) is 0.688. The first-order chi connectivity index (χ1) is 10.8. The Kier molecular flexibility index (Phi) is 6.18. The molecular formula is C16H25ClN4O2. The van der Waals surface area contributed by atoms with E-state index in [-0.39, 0.29) is 6.09 Å². The maximum atomic E-state index is 11.7. The number of halogens is 1. The molecule has 0 spiro atoms. The molecule has 6 nitrogen and oxygen atoms in total. The van der Waals surface area contributed by atoms with Crippen molar-refractivity contribution in [1.29, 1.82) is 0 Å². The number of nitrogens with zero attached hydrogens (tertiary/aromatic N) is 3. The summed E-state index contributed by atoms with van der Waals surface area (Å²) in [7, 11) is 0. The first-order valence-electron chi connectivity index (χ1n) is 7.98. The average Bonchev–Trinajstić information content (AvgIpc) is 2.47. The number of alkyl carbamates (subject to hydrolysis) is 1. The van der Waals surface area contributed by atoms with Crippen LogP contribution in [0.3, 0.4) is 0 Å². The second kappa shape index (κ2) is 7.93. The van der Waals surface area contributed by atoms with Crippen molar-refractivity contribution < 1.29 is 9.53 Å². The second-order valence-corrected chi connectivity index (χ2v) is 7.25. The van der Waals surface area contributed by atoms with E-state index in [0.717, 1.165) is 38.2 Å². The lowest BCUT2D eigenvalue weighted by Gasteiger charge is -2.32. The van der Waals surface area contributed by atoms with Gasteiger partial charge in [0.05, 0.1) is 5.69 Å². The quantitative estimate of drug-likeness (QED) is 0.912. The van der Waals surface area contributed by atoms with Gasteiger partial charge in [0.2, 0.25) is 0 Å². The molecule has 0 saturated carbocycles. The third-order valence-corrected chi connectivity index (χ3v) is 4.05. The van der Waals surface area contributed by atoms with E-state index in [0.29, 0.717) is 17.6 Å². The van der Waals surface area contributed by atoms with Crippen molar-refractivity contribution in [2.75, 3.05) is 19.6 Å². The highest BCUT2D eigenvalue weighted by molar-refractivity contribution is 6.29. The van der Waals surface area contributed by atoms with Crippen molar-refractivity contribution >= 4 is 17.7 Å². The molecule has 0 radical (unpaired) electrons. The number of rotatable bonds is 4. The van der Waals surface area contributed by atoms with E-state index in [4.69, 9.17) is 16.3 Å². The van der Waals surface area contributed by atoms with Gasteiger partial charge in [-0.1, -0.05) is 11.6 Å². The van der Waals surface area contributed by atoms with Crippen molar-refractivity contribution in [2.45, 2.75) is 45.8 Å². The van der Waals surface area contributed by atoms with Gasteiger partial charge < -0.3 is 10.1 Å². The van der Waals surface area contributed by atoms with Gasteiger partial charge in [0.15, 0.2) is 5.15 Å². The summed E-state index contributed by atoms with van der Waals surface area (Å²) in [5.74, 6) is 0.482. The number of ether oxygens (including phenoxy) is 1. The Morgan fingerprint density at radius 1 is 1.35 bits per heavy atom. The van der Waals surface area contributed by atoms with Gasteiger partial charge in [-0.15, -0.1) is 0 Å². The number of likely N-dealkylation sites (tertiary alicyclic amines) is 1. The molecule has 7 heteroatoms.